The van der Waals surface area contributed by atoms with Gasteiger partial charge in [-0.1, -0.05) is 24.3 Å². The number of carbonyl (C=O) groups is 2. The van der Waals surface area contributed by atoms with Gasteiger partial charge in [0.15, 0.2) is 10.8 Å². The van der Waals surface area contributed by atoms with Gasteiger partial charge < -0.3 is 15.0 Å². The Morgan fingerprint density at radius 3 is 2.70 bits per heavy atom. The number of carbonyl (C=O) groups excluding carboxylic acids is 2. The summed E-state index contributed by atoms with van der Waals surface area (Å²) < 4.78 is 6.95. The summed E-state index contributed by atoms with van der Waals surface area (Å²) in [5.41, 5.74) is 2.42. The van der Waals surface area contributed by atoms with Gasteiger partial charge in [-0.05, 0) is 49.4 Å². The van der Waals surface area contributed by atoms with E-state index in [1.165, 1.54) is 11.3 Å². The van der Waals surface area contributed by atoms with E-state index in [2.05, 4.69) is 10.3 Å². The number of hydrogen-bond donors (Lipinski definition) is 1. The first-order valence-corrected chi connectivity index (χ1v) is 10.4. The van der Waals surface area contributed by atoms with Crippen molar-refractivity contribution in [1.82, 2.24) is 4.98 Å². The normalized spacial score (nSPS) is 12.7. The Labute approximate surface area is 176 Å². The van der Waals surface area contributed by atoms with Crippen LogP contribution < -0.4 is 15.0 Å². The number of nitrogens with one attached hydrogen (secondary N) is 1. The van der Waals surface area contributed by atoms with Gasteiger partial charge >= 0.3 is 0 Å². The van der Waals surface area contributed by atoms with Crippen LogP contribution in [0.4, 0.5) is 11.4 Å². The highest BCUT2D eigenvalue weighted by Gasteiger charge is 2.27. The fraction of sp³-hybridized carbons (Fsp3) is 0.0870. The van der Waals surface area contributed by atoms with Gasteiger partial charge in [-0.25, -0.2) is 4.98 Å². The molecule has 5 rings (SSSR count). The highest BCUT2D eigenvalue weighted by atomic mass is 32.1. The van der Waals surface area contributed by atoms with Gasteiger partial charge in [-0.2, -0.15) is 0 Å². The number of ether oxygens (including phenoxy) is 1. The highest BCUT2D eigenvalue weighted by molar-refractivity contribution is 7.20. The zero-order valence-electron chi connectivity index (χ0n) is 16.1. The van der Waals surface area contributed by atoms with Crippen molar-refractivity contribution in [1.29, 1.82) is 0 Å². The first-order chi connectivity index (χ1) is 14.6. The Bertz CT molecular complexity index is 1260. The summed E-state index contributed by atoms with van der Waals surface area (Å²) in [5, 5.41) is 3.22. The second-order valence-electron chi connectivity index (χ2n) is 6.77. The van der Waals surface area contributed by atoms with E-state index < -0.39 is 0 Å². The van der Waals surface area contributed by atoms with E-state index in [1.807, 2.05) is 55.5 Å². The quantitative estimate of drug-likeness (QED) is 0.491. The van der Waals surface area contributed by atoms with E-state index >= 15 is 0 Å². The predicted molar refractivity (Wildman–Crippen MR) is 118 cm³/mol. The zero-order chi connectivity index (χ0) is 20.7. The first kappa shape index (κ1) is 18.3. The third-order valence-corrected chi connectivity index (χ3v) is 5.93. The van der Waals surface area contributed by atoms with E-state index in [4.69, 9.17) is 4.74 Å². The number of para-hydroxylation sites is 3. The van der Waals surface area contributed by atoms with Crippen LogP contribution in [-0.2, 0) is 0 Å². The van der Waals surface area contributed by atoms with Crippen LogP contribution in [-0.4, -0.2) is 23.3 Å². The topological polar surface area (TPSA) is 71.5 Å². The minimum atomic E-state index is -0.311. The van der Waals surface area contributed by atoms with Gasteiger partial charge in [0.05, 0.1) is 21.5 Å². The molecule has 0 spiro atoms. The standard InChI is InChI=1S/C23H17N3O3S/c1-2-26-17-8-4-5-9-19(17)29-18-12-11-14(13-15(18)23(26)28)24-21(27)22-25-16-7-3-6-10-20(16)30-22/h3-13H,2H2,1H3,(H,24,27). The average molecular weight is 415 g/mol. The Balaban J connectivity index is 1.47. The number of aromatic nitrogens is 1. The maximum absolute atomic E-state index is 13.2. The van der Waals surface area contributed by atoms with Crippen LogP contribution in [0.5, 0.6) is 11.5 Å². The molecule has 1 aliphatic heterocycles. The lowest BCUT2D eigenvalue weighted by Gasteiger charge is -2.19. The van der Waals surface area contributed by atoms with Gasteiger partial charge in [0, 0.05) is 12.2 Å². The van der Waals surface area contributed by atoms with Crippen molar-refractivity contribution >= 4 is 44.7 Å². The van der Waals surface area contributed by atoms with Crippen LogP contribution in [0.15, 0.2) is 66.7 Å². The molecule has 0 fully saturated rings. The lowest BCUT2D eigenvalue weighted by Crippen LogP contribution is -2.29. The van der Waals surface area contributed by atoms with Crippen LogP contribution in [0.2, 0.25) is 0 Å². The van der Waals surface area contributed by atoms with Gasteiger partial charge in [-0.15, -0.1) is 11.3 Å². The molecule has 1 N–H and O–H groups in total. The lowest BCUT2D eigenvalue weighted by molar-refractivity contribution is 0.0985. The summed E-state index contributed by atoms with van der Waals surface area (Å²) in [6.07, 6.45) is 0. The van der Waals surface area contributed by atoms with E-state index in [-0.39, 0.29) is 11.8 Å². The molecule has 7 heteroatoms. The number of benzene rings is 3. The SMILES string of the molecule is CCN1C(=O)c2cc(NC(=O)c3nc4ccccc4s3)ccc2Oc2ccccc21. The molecule has 2 heterocycles. The molecular weight excluding hydrogens is 398 g/mol. The second kappa shape index (κ2) is 7.27. The predicted octanol–water partition coefficient (Wildman–Crippen LogP) is 5.32. The number of anilines is 2. The maximum Gasteiger partial charge on any atom is 0.284 e. The smallest absolute Gasteiger partial charge is 0.284 e. The molecule has 6 nitrogen and oxygen atoms in total. The van der Waals surface area contributed by atoms with Gasteiger partial charge in [0.1, 0.15) is 5.75 Å². The number of rotatable bonds is 3. The molecule has 0 saturated heterocycles. The summed E-state index contributed by atoms with van der Waals surface area (Å²) in [4.78, 5) is 31.9. The van der Waals surface area contributed by atoms with Gasteiger partial charge in [0.25, 0.3) is 11.8 Å². The Kier molecular flexibility index (Phi) is 4.44. The van der Waals surface area contributed by atoms with Crippen LogP contribution in [0.1, 0.15) is 27.1 Å². The van der Waals surface area contributed by atoms with Crippen LogP contribution in [0.25, 0.3) is 10.2 Å². The fourth-order valence-corrected chi connectivity index (χ4v) is 4.33. The molecule has 148 valence electrons. The minimum Gasteiger partial charge on any atom is -0.454 e. The van der Waals surface area contributed by atoms with E-state index in [0.717, 1.165) is 15.9 Å². The van der Waals surface area contributed by atoms with E-state index in [1.54, 1.807) is 23.1 Å². The molecule has 1 aromatic heterocycles. The van der Waals surface area contributed by atoms with Crippen molar-refractivity contribution in [3.63, 3.8) is 0 Å². The molecule has 30 heavy (non-hydrogen) atoms. The molecule has 0 aliphatic carbocycles. The summed E-state index contributed by atoms with van der Waals surface area (Å²) in [6, 6.07) is 20.1. The Hall–Kier alpha value is -3.71. The summed E-state index contributed by atoms with van der Waals surface area (Å²) in [7, 11) is 0. The molecule has 0 unspecified atom stereocenters. The van der Waals surface area contributed by atoms with Crippen LogP contribution >= 0.6 is 11.3 Å². The number of fused-ring (bicyclic) bond motifs is 3. The molecule has 4 aromatic rings. The molecule has 1 aliphatic rings. The summed E-state index contributed by atoms with van der Waals surface area (Å²) >= 11 is 1.33. The summed E-state index contributed by atoms with van der Waals surface area (Å²) in [5.74, 6) is 0.599. The Morgan fingerprint density at radius 1 is 1.07 bits per heavy atom. The molecule has 0 atom stereocenters. The monoisotopic (exact) mass is 415 g/mol. The maximum atomic E-state index is 13.2. The molecule has 0 saturated carbocycles. The fourth-order valence-electron chi connectivity index (χ4n) is 3.47. The van der Waals surface area contributed by atoms with Crippen molar-refractivity contribution in [2.24, 2.45) is 0 Å². The molecule has 3 aromatic carbocycles. The second-order valence-corrected chi connectivity index (χ2v) is 7.80. The van der Waals surface area contributed by atoms with Gasteiger partial charge in [0.2, 0.25) is 0 Å². The van der Waals surface area contributed by atoms with Crippen LogP contribution in [0.3, 0.4) is 0 Å². The molecule has 2 amide bonds. The Morgan fingerprint density at radius 2 is 1.87 bits per heavy atom. The van der Waals surface area contributed by atoms with Crippen molar-refractivity contribution < 1.29 is 14.3 Å². The summed E-state index contributed by atoms with van der Waals surface area (Å²) in [6.45, 7) is 2.42. The third-order valence-electron chi connectivity index (χ3n) is 4.89. The van der Waals surface area contributed by atoms with E-state index in [9.17, 15) is 9.59 Å². The van der Waals surface area contributed by atoms with Crippen LogP contribution in [0, 0.1) is 0 Å². The largest absolute Gasteiger partial charge is 0.454 e. The average Bonchev–Trinajstić information content (AvgIpc) is 3.16. The molecule has 0 radical (unpaired) electrons. The third kappa shape index (κ3) is 3.09. The minimum absolute atomic E-state index is 0.173. The van der Waals surface area contributed by atoms with E-state index in [0.29, 0.717) is 34.3 Å². The molecule has 0 bridgehead atoms. The number of hydrogen-bond acceptors (Lipinski definition) is 5. The molecular formula is C23H17N3O3S. The first-order valence-electron chi connectivity index (χ1n) is 9.54. The number of amides is 2. The van der Waals surface area contributed by atoms with Crippen molar-refractivity contribution in [3.8, 4) is 11.5 Å². The van der Waals surface area contributed by atoms with Crippen molar-refractivity contribution in [2.45, 2.75) is 6.92 Å². The van der Waals surface area contributed by atoms with Gasteiger partial charge in [-0.3, -0.25) is 9.59 Å². The number of nitrogens with zero attached hydrogens (tertiary/aromatic N) is 2. The number of thiazole rings is 1. The zero-order valence-corrected chi connectivity index (χ0v) is 16.9. The van der Waals surface area contributed by atoms with Crippen molar-refractivity contribution in [3.05, 3.63) is 77.3 Å². The van der Waals surface area contributed by atoms with Crippen molar-refractivity contribution in [2.75, 3.05) is 16.8 Å². The lowest BCUT2D eigenvalue weighted by atomic mass is 10.1. The highest BCUT2D eigenvalue weighted by Crippen LogP contribution is 2.39.